The monoisotopic (exact) mass is 548 g/mol. The van der Waals surface area contributed by atoms with E-state index in [1.165, 1.54) is 44.6 Å². The average Bonchev–Trinajstić information content (AvgIpc) is 3.48. The number of hydrogen-bond acceptors (Lipinski definition) is 5. The molecule has 4 rings (SSSR count). The van der Waals surface area contributed by atoms with E-state index < -0.39 is 0 Å². The van der Waals surface area contributed by atoms with Gasteiger partial charge in [-0.05, 0) is 82.6 Å². The van der Waals surface area contributed by atoms with Crippen molar-refractivity contribution in [1.82, 2.24) is 0 Å². The van der Waals surface area contributed by atoms with Gasteiger partial charge in [-0.2, -0.15) is 0 Å². The second-order valence-electron chi connectivity index (χ2n) is 9.27. The zero-order chi connectivity index (χ0) is 25.5. The third-order valence-corrected chi connectivity index (χ3v) is 7.14. The fraction of sp³-hybridized carbons (Fsp3) is 0.586. The molecule has 0 amide bonds. The van der Waals surface area contributed by atoms with E-state index in [1.807, 2.05) is 6.08 Å². The van der Waals surface area contributed by atoms with Crippen molar-refractivity contribution < 1.29 is 23.8 Å². The zero-order valence-corrected chi connectivity index (χ0v) is 23.1. The summed E-state index contributed by atoms with van der Waals surface area (Å²) >= 11 is 3.44. The van der Waals surface area contributed by atoms with Crippen LogP contribution in [0, 0.1) is 12.8 Å². The molecule has 5 nitrogen and oxygen atoms in total. The van der Waals surface area contributed by atoms with E-state index in [2.05, 4.69) is 57.9 Å². The van der Waals surface area contributed by atoms with E-state index in [9.17, 15) is 9.59 Å². The van der Waals surface area contributed by atoms with Crippen LogP contribution < -0.4 is 0 Å². The molecule has 35 heavy (non-hydrogen) atoms. The summed E-state index contributed by atoms with van der Waals surface area (Å²) in [7, 11) is 2.88. The largest absolute Gasteiger partial charge is 0.466 e. The predicted molar refractivity (Wildman–Crippen MR) is 144 cm³/mol. The fourth-order valence-electron chi connectivity index (χ4n) is 4.33. The van der Waals surface area contributed by atoms with Gasteiger partial charge in [0.05, 0.1) is 14.2 Å². The van der Waals surface area contributed by atoms with Gasteiger partial charge < -0.3 is 14.2 Å². The molecular weight excluding hydrogens is 508 g/mol. The number of esters is 2. The van der Waals surface area contributed by atoms with E-state index in [-0.39, 0.29) is 11.9 Å². The quantitative estimate of drug-likeness (QED) is 0.304. The third-order valence-electron chi connectivity index (χ3n) is 6.41. The van der Waals surface area contributed by atoms with Crippen molar-refractivity contribution in [3.63, 3.8) is 0 Å². The van der Waals surface area contributed by atoms with E-state index in [4.69, 9.17) is 9.47 Å². The molecule has 2 unspecified atom stereocenters. The van der Waals surface area contributed by atoms with Gasteiger partial charge in [0, 0.05) is 29.2 Å². The van der Waals surface area contributed by atoms with Gasteiger partial charge in [-0.25, -0.2) is 9.59 Å². The topological polar surface area (TPSA) is 61.8 Å². The minimum atomic E-state index is -0.186. The van der Waals surface area contributed by atoms with E-state index in [1.54, 1.807) is 0 Å². The SMILES string of the molecule is C1CCOC1.COC(=O)C1=CC(Br)CCC1.COC(=O)C1=CC(CCc2ccc(C)cc2)CCC1. The van der Waals surface area contributed by atoms with E-state index in [0.717, 1.165) is 69.3 Å². The molecule has 0 radical (unpaired) electrons. The Bertz CT molecular complexity index is 832. The highest BCUT2D eigenvalue weighted by Crippen LogP contribution is 2.27. The summed E-state index contributed by atoms with van der Waals surface area (Å²) in [6.07, 6.45) is 15.0. The van der Waals surface area contributed by atoms with Gasteiger partial charge in [0.25, 0.3) is 0 Å². The Morgan fingerprint density at radius 2 is 1.46 bits per heavy atom. The average molecular weight is 550 g/mol. The molecule has 0 spiro atoms. The van der Waals surface area contributed by atoms with Crippen LogP contribution in [0.1, 0.15) is 68.9 Å². The first-order chi connectivity index (χ1) is 16.9. The first-order valence-electron chi connectivity index (χ1n) is 12.8. The van der Waals surface area contributed by atoms with Gasteiger partial charge in [0.15, 0.2) is 0 Å². The van der Waals surface area contributed by atoms with Crippen LogP contribution in [0.15, 0.2) is 47.6 Å². The number of alkyl halides is 1. The molecule has 1 fully saturated rings. The summed E-state index contributed by atoms with van der Waals surface area (Å²) in [6.45, 7) is 4.11. The Morgan fingerprint density at radius 3 is 1.97 bits per heavy atom. The Hall–Kier alpha value is -1.92. The van der Waals surface area contributed by atoms with Crippen LogP contribution in [0.5, 0.6) is 0 Å². The van der Waals surface area contributed by atoms with Crippen LogP contribution in [0.3, 0.4) is 0 Å². The number of ether oxygens (including phenoxy) is 3. The first-order valence-corrected chi connectivity index (χ1v) is 13.7. The second kappa shape index (κ2) is 16.7. The molecule has 0 aromatic heterocycles. The normalized spacial score (nSPS) is 21.3. The minimum Gasteiger partial charge on any atom is -0.466 e. The lowest BCUT2D eigenvalue weighted by Crippen LogP contribution is -2.13. The number of carbonyl (C=O) groups is 2. The number of allylic oxidation sites excluding steroid dienone is 2. The lowest BCUT2D eigenvalue weighted by Gasteiger charge is -2.19. The maximum absolute atomic E-state index is 11.5. The number of methoxy groups -OCH3 is 2. The van der Waals surface area contributed by atoms with Crippen molar-refractivity contribution in [1.29, 1.82) is 0 Å². The fourth-order valence-corrected chi connectivity index (χ4v) is 4.97. The van der Waals surface area contributed by atoms with Gasteiger partial charge in [-0.3, -0.25) is 0 Å². The van der Waals surface area contributed by atoms with Crippen LogP contribution in [-0.4, -0.2) is 44.2 Å². The molecule has 0 bridgehead atoms. The Morgan fingerprint density at radius 1 is 0.886 bits per heavy atom. The highest BCUT2D eigenvalue weighted by molar-refractivity contribution is 9.09. The summed E-state index contributed by atoms with van der Waals surface area (Å²) in [5.41, 5.74) is 4.35. The molecule has 2 atom stereocenters. The molecule has 1 aromatic carbocycles. The molecule has 3 aliphatic rings. The lowest BCUT2D eigenvalue weighted by molar-refractivity contribution is -0.137. The molecule has 0 saturated carbocycles. The second-order valence-corrected chi connectivity index (χ2v) is 10.4. The van der Waals surface area contributed by atoms with Crippen LogP contribution in [0.2, 0.25) is 0 Å². The van der Waals surface area contributed by atoms with Crippen LogP contribution in [-0.2, 0) is 30.2 Å². The molecule has 1 heterocycles. The number of rotatable bonds is 5. The van der Waals surface area contributed by atoms with Gasteiger partial charge >= 0.3 is 11.9 Å². The van der Waals surface area contributed by atoms with Crippen molar-refractivity contribution in [3.8, 4) is 0 Å². The van der Waals surface area contributed by atoms with Crippen molar-refractivity contribution in [2.45, 2.75) is 76.0 Å². The predicted octanol–water partition coefficient (Wildman–Crippen LogP) is 6.66. The maximum Gasteiger partial charge on any atom is 0.333 e. The molecule has 0 N–H and O–H groups in total. The van der Waals surface area contributed by atoms with Gasteiger partial charge in [0.1, 0.15) is 0 Å². The minimum absolute atomic E-state index is 0.153. The van der Waals surface area contributed by atoms with Gasteiger partial charge in [-0.1, -0.05) is 57.9 Å². The molecule has 2 aliphatic carbocycles. The maximum atomic E-state index is 11.5. The zero-order valence-electron chi connectivity index (χ0n) is 21.5. The molecule has 1 aliphatic heterocycles. The molecule has 1 saturated heterocycles. The molecular formula is C29H41BrO5. The first kappa shape index (κ1) is 29.3. The highest BCUT2D eigenvalue weighted by Gasteiger charge is 2.19. The van der Waals surface area contributed by atoms with Gasteiger partial charge in [0.2, 0.25) is 0 Å². The summed E-state index contributed by atoms with van der Waals surface area (Å²) in [4.78, 5) is 22.9. The Kier molecular flexibility index (Phi) is 14.0. The Labute approximate surface area is 219 Å². The standard InChI is InChI=1S/C17H22O2.C8H11BrO2.C4H8O/c1-13-6-8-14(9-7-13)10-11-15-4-3-5-16(12-15)17(18)19-2;1-11-8(10)6-3-2-4-7(9)5-6;1-2-4-5-3-1/h6-9,12,15H,3-5,10-11H2,1-2H3;5,7H,2-4H2,1H3;1-4H2. The van der Waals surface area contributed by atoms with Crippen molar-refractivity contribution in [3.05, 3.63) is 58.7 Å². The number of hydrogen-bond donors (Lipinski definition) is 0. The van der Waals surface area contributed by atoms with Crippen LogP contribution >= 0.6 is 15.9 Å². The summed E-state index contributed by atoms with van der Waals surface area (Å²) < 4.78 is 14.4. The number of benzene rings is 1. The van der Waals surface area contributed by atoms with Crippen molar-refractivity contribution in [2.75, 3.05) is 27.4 Å². The lowest BCUT2D eigenvalue weighted by atomic mass is 9.86. The van der Waals surface area contributed by atoms with Crippen molar-refractivity contribution >= 4 is 27.9 Å². The van der Waals surface area contributed by atoms with Gasteiger partial charge in [-0.15, -0.1) is 0 Å². The number of carbonyl (C=O) groups excluding carboxylic acids is 2. The number of aryl methyl sites for hydroxylation is 2. The van der Waals surface area contributed by atoms with Crippen LogP contribution in [0.25, 0.3) is 0 Å². The number of halogens is 1. The smallest absolute Gasteiger partial charge is 0.333 e. The molecule has 1 aromatic rings. The Balaban J connectivity index is 0.000000225. The van der Waals surface area contributed by atoms with E-state index >= 15 is 0 Å². The summed E-state index contributed by atoms with van der Waals surface area (Å²) in [6, 6.07) is 8.71. The van der Waals surface area contributed by atoms with Crippen molar-refractivity contribution in [2.24, 2.45) is 5.92 Å². The van der Waals surface area contributed by atoms with Crippen LogP contribution in [0.4, 0.5) is 0 Å². The van der Waals surface area contributed by atoms with E-state index in [0.29, 0.717) is 10.7 Å². The molecule has 194 valence electrons. The molecule has 6 heteroatoms. The third kappa shape index (κ3) is 11.6. The summed E-state index contributed by atoms with van der Waals surface area (Å²) in [5, 5.41) is 0. The highest BCUT2D eigenvalue weighted by atomic mass is 79.9. The summed E-state index contributed by atoms with van der Waals surface area (Å²) in [5.74, 6) is 0.179.